The first-order valence-corrected chi connectivity index (χ1v) is 4.98. The summed E-state index contributed by atoms with van der Waals surface area (Å²) in [5.41, 5.74) is 5.16. The maximum atomic E-state index is 11.6. The number of benzene rings is 1. The summed E-state index contributed by atoms with van der Waals surface area (Å²) in [5.74, 6) is -1.20. The fourth-order valence-electron chi connectivity index (χ4n) is 1.31. The Morgan fingerprint density at radius 1 is 1.44 bits per heavy atom. The Morgan fingerprint density at radius 2 is 2.11 bits per heavy atom. The van der Waals surface area contributed by atoms with Crippen LogP contribution < -0.4 is 16.4 Å². The lowest BCUT2D eigenvalue weighted by Gasteiger charge is -2.06. The van der Waals surface area contributed by atoms with Crippen LogP contribution in [0.3, 0.4) is 0 Å². The van der Waals surface area contributed by atoms with Crippen LogP contribution in [0.15, 0.2) is 18.2 Å². The second-order valence-corrected chi connectivity index (χ2v) is 3.39. The van der Waals surface area contributed by atoms with Crippen molar-refractivity contribution in [3.05, 3.63) is 33.9 Å². The van der Waals surface area contributed by atoms with E-state index in [-0.39, 0.29) is 23.5 Å². The molecule has 0 bridgehead atoms. The Hall–Kier alpha value is -2.64. The van der Waals surface area contributed by atoms with E-state index in [2.05, 4.69) is 10.6 Å². The average Bonchev–Trinajstić information content (AvgIpc) is 2.34. The summed E-state index contributed by atoms with van der Waals surface area (Å²) >= 11 is 0. The van der Waals surface area contributed by atoms with E-state index < -0.39 is 16.7 Å². The van der Waals surface area contributed by atoms with Crippen LogP contribution in [0.1, 0.15) is 10.4 Å². The van der Waals surface area contributed by atoms with E-state index in [1.54, 1.807) is 0 Å². The molecule has 96 valence electrons. The third-order valence-electron chi connectivity index (χ3n) is 2.15. The molecule has 0 spiro atoms. The van der Waals surface area contributed by atoms with E-state index >= 15 is 0 Å². The lowest BCUT2D eigenvalue weighted by molar-refractivity contribution is -0.383. The molecule has 2 amide bonds. The smallest absolute Gasteiger partial charge is 0.292 e. The van der Waals surface area contributed by atoms with Crippen LogP contribution >= 0.6 is 0 Å². The van der Waals surface area contributed by atoms with Gasteiger partial charge in [0.1, 0.15) is 5.69 Å². The Bertz CT molecular complexity index is 501. The number of nitro groups is 1. The highest BCUT2D eigenvalue weighted by Gasteiger charge is 2.15. The molecule has 0 radical (unpaired) electrons. The Labute approximate surface area is 102 Å². The molecule has 0 fully saturated rings. The van der Waals surface area contributed by atoms with Crippen LogP contribution in [0.2, 0.25) is 0 Å². The number of anilines is 1. The Balaban J connectivity index is 2.94. The predicted molar refractivity (Wildman–Crippen MR) is 64.2 cm³/mol. The standard InChI is InChI=1S/C10H12N4O4/c1-12-7-4-6(2-3-8(7)14(17)18)10(16)13-5-9(11)15/h2-4,12H,5H2,1H3,(H2,11,15)(H,13,16). The second-order valence-electron chi connectivity index (χ2n) is 3.39. The van der Waals surface area contributed by atoms with Crippen molar-refractivity contribution < 1.29 is 14.5 Å². The number of nitro benzene ring substituents is 1. The molecule has 0 aliphatic carbocycles. The number of nitrogens with zero attached hydrogens (tertiary/aromatic N) is 1. The summed E-state index contributed by atoms with van der Waals surface area (Å²) in [6, 6.07) is 3.84. The normalized spacial score (nSPS) is 9.61. The number of nitrogens with one attached hydrogen (secondary N) is 2. The van der Waals surface area contributed by atoms with E-state index in [9.17, 15) is 19.7 Å². The van der Waals surface area contributed by atoms with Gasteiger partial charge in [-0.2, -0.15) is 0 Å². The largest absolute Gasteiger partial charge is 0.383 e. The molecular weight excluding hydrogens is 240 g/mol. The fraction of sp³-hybridized carbons (Fsp3) is 0.200. The van der Waals surface area contributed by atoms with Gasteiger partial charge in [-0.15, -0.1) is 0 Å². The maximum absolute atomic E-state index is 11.6. The summed E-state index contributed by atoms with van der Waals surface area (Å²) in [6.07, 6.45) is 0. The predicted octanol–water partition coefficient (Wildman–Crippen LogP) is -0.148. The number of hydrogen-bond donors (Lipinski definition) is 3. The first-order chi connectivity index (χ1) is 8.45. The number of rotatable bonds is 5. The SMILES string of the molecule is CNc1cc(C(=O)NCC(N)=O)ccc1[N+](=O)[O-]. The van der Waals surface area contributed by atoms with Crippen LogP contribution in [0.4, 0.5) is 11.4 Å². The van der Waals surface area contributed by atoms with E-state index in [0.29, 0.717) is 0 Å². The molecule has 0 aliphatic rings. The molecule has 8 nitrogen and oxygen atoms in total. The summed E-state index contributed by atoms with van der Waals surface area (Å²) in [4.78, 5) is 32.2. The topological polar surface area (TPSA) is 127 Å². The van der Waals surface area contributed by atoms with Crippen molar-refractivity contribution in [3.8, 4) is 0 Å². The minimum absolute atomic E-state index is 0.135. The highest BCUT2D eigenvalue weighted by atomic mass is 16.6. The van der Waals surface area contributed by atoms with Crippen LogP contribution in [0, 0.1) is 10.1 Å². The maximum Gasteiger partial charge on any atom is 0.292 e. The molecule has 0 atom stereocenters. The van der Waals surface area contributed by atoms with Gasteiger partial charge < -0.3 is 16.4 Å². The molecule has 8 heteroatoms. The van der Waals surface area contributed by atoms with Gasteiger partial charge in [-0.25, -0.2) is 0 Å². The number of amides is 2. The van der Waals surface area contributed by atoms with Gasteiger partial charge in [0.25, 0.3) is 11.6 Å². The summed E-state index contributed by atoms with van der Waals surface area (Å²) in [5, 5.41) is 15.6. The zero-order valence-electron chi connectivity index (χ0n) is 9.60. The highest BCUT2D eigenvalue weighted by Crippen LogP contribution is 2.24. The molecule has 0 heterocycles. The van der Waals surface area contributed by atoms with Crippen molar-refractivity contribution in [2.75, 3.05) is 18.9 Å². The first kappa shape index (κ1) is 13.4. The molecule has 1 aromatic carbocycles. The zero-order chi connectivity index (χ0) is 13.7. The van der Waals surface area contributed by atoms with Gasteiger partial charge in [0.05, 0.1) is 11.5 Å². The monoisotopic (exact) mass is 252 g/mol. The van der Waals surface area contributed by atoms with E-state index in [1.165, 1.54) is 25.2 Å². The van der Waals surface area contributed by atoms with E-state index in [1.807, 2.05) is 0 Å². The van der Waals surface area contributed by atoms with Crippen LogP contribution in [-0.2, 0) is 4.79 Å². The fourth-order valence-corrected chi connectivity index (χ4v) is 1.31. The number of primary amides is 1. The molecule has 1 rings (SSSR count). The van der Waals surface area contributed by atoms with Crippen LogP contribution in [-0.4, -0.2) is 30.3 Å². The molecule has 1 aromatic rings. The van der Waals surface area contributed by atoms with Gasteiger partial charge in [-0.1, -0.05) is 0 Å². The summed E-state index contributed by atoms with van der Waals surface area (Å²) < 4.78 is 0. The van der Waals surface area contributed by atoms with Crippen LogP contribution in [0.25, 0.3) is 0 Å². The molecule has 4 N–H and O–H groups in total. The average molecular weight is 252 g/mol. The van der Waals surface area contributed by atoms with Gasteiger partial charge in [0.15, 0.2) is 0 Å². The summed E-state index contributed by atoms with van der Waals surface area (Å²) in [7, 11) is 1.51. The number of hydrogen-bond acceptors (Lipinski definition) is 5. The van der Waals surface area contributed by atoms with Gasteiger partial charge >= 0.3 is 0 Å². The van der Waals surface area contributed by atoms with Gasteiger partial charge in [-0.05, 0) is 12.1 Å². The molecular formula is C10H12N4O4. The summed E-state index contributed by atoms with van der Waals surface area (Å²) in [6.45, 7) is -0.287. The quantitative estimate of drug-likeness (QED) is 0.496. The number of nitrogens with two attached hydrogens (primary N) is 1. The van der Waals surface area contributed by atoms with Gasteiger partial charge in [0.2, 0.25) is 5.91 Å². The van der Waals surface area contributed by atoms with E-state index in [0.717, 1.165) is 0 Å². The molecule has 0 saturated heterocycles. The van der Waals surface area contributed by atoms with Gasteiger partial charge in [-0.3, -0.25) is 19.7 Å². The van der Waals surface area contributed by atoms with Crippen LogP contribution in [0.5, 0.6) is 0 Å². The molecule has 0 aliphatic heterocycles. The third-order valence-corrected chi connectivity index (χ3v) is 2.15. The van der Waals surface area contributed by atoms with E-state index in [4.69, 9.17) is 5.73 Å². The minimum Gasteiger partial charge on any atom is -0.383 e. The molecule has 0 unspecified atom stereocenters. The lowest BCUT2D eigenvalue weighted by atomic mass is 10.1. The molecule has 0 saturated carbocycles. The van der Waals surface area contributed by atoms with Crippen molar-refractivity contribution in [2.45, 2.75) is 0 Å². The lowest BCUT2D eigenvalue weighted by Crippen LogP contribution is -2.33. The molecule has 0 aromatic heterocycles. The van der Waals surface area contributed by atoms with Crippen molar-refractivity contribution in [1.82, 2.24) is 5.32 Å². The number of carbonyl (C=O) groups is 2. The minimum atomic E-state index is -0.667. The zero-order valence-corrected chi connectivity index (χ0v) is 9.60. The first-order valence-electron chi connectivity index (χ1n) is 4.98. The Kier molecular flexibility index (Phi) is 4.19. The van der Waals surface area contributed by atoms with Crippen molar-refractivity contribution in [3.63, 3.8) is 0 Å². The second kappa shape index (κ2) is 5.62. The van der Waals surface area contributed by atoms with Crippen molar-refractivity contribution in [1.29, 1.82) is 0 Å². The highest BCUT2D eigenvalue weighted by molar-refractivity contribution is 5.97. The Morgan fingerprint density at radius 3 is 2.61 bits per heavy atom. The number of carbonyl (C=O) groups excluding carboxylic acids is 2. The van der Waals surface area contributed by atoms with Crippen molar-refractivity contribution >= 4 is 23.2 Å². The third kappa shape index (κ3) is 3.17. The van der Waals surface area contributed by atoms with Gasteiger partial charge in [0, 0.05) is 18.7 Å². The van der Waals surface area contributed by atoms with Crippen molar-refractivity contribution in [2.24, 2.45) is 5.73 Å². The molecule has 18 heavy (non-hydrogen) atoms.